The molecule has 0 aromatic carbocycles. The van der Waals surface area contributed by atoms with E-state index in [1.54, 1.807) is 6.20 Å². The maximum Gasteiger partial charge on any atom is 0.271 e. The molecule has 1 fully saturated rings. The first-order valence-electron chi connectivity index (χ1n) is 4.85. The van der Waals surface area contributed by atoms with Crippen molar-refractivity contribution in [2.75, 3.05) is 31.1 Å². The molecule has 0 atom stereocenters. The van der Waals surface area contributed by atoms with Gasteiger partial charge in [0.05, 0.1) is 0 Å². The predicted molar refractivity (Wildman–Crippen MR) is 55.6 cm³/mol. The summed E-state index contributed by atoms with van der Waals surface area (Å²) in [4.78, 5) is 21.3. The Morgan fingerprint density at radius 2 is 2.00 bits per heavy atom. The van der Waals surface area contributed by atoms with Gasteiger partial charge in [-0.15, -0.1) is 0 Å². The Labute approximate surface area is 87.5 Å². The van der Waals surface area contributed by atoms with Crippen LogP contribution in [0.15, 0.2) is 12.4 Å². The first kappa shape index (κ1) is 9.85. The maximum absolute atomic E-state index is 11.1. The van der Waals surface area contributed by atoms with Gasteiger partial charge in [-0.25, -0.2) is 9.97 Å². The summed E-state index contributed by atoms with van der Waals surface area (Å²) in [6.45, 7) is 3.40. The number of nitrogens with one attached hydrogen (secondary N) is 1. The molecule has 0 radical (unpaired) electrons. The number of carbonyl (C=O) groups excluding carboxylic acids is 1. The van der Waals surface area contributed by atoms with Gasteiger partial charge in [0.25, 0.3) is 5.91 Å². The van der Waals surface area contributed by atoms with Crippen LogP contribution in [-0.4, -0.2) is 42.1 Å². The van der Waals surface area contributed by atoms with Crippen LogP contribution in [0.25, 0.3) is 0 Å². The lowest BCUT2D eigenvalue weighted by molar-refractivity contribution is 0.0995. The van der Waals surface area contributed by atoms with Crippen molar-refractivity contribution in [1.29, 1.82) is 0 Å². The minimum Gasteiger partial charge on any atom is -0.364 e. The summed E-state index contributed by atoms with van der Waals surface area (Å²) in [7, 11) is 0. The van der Waals surface area contributed by atoms with Crippen LogP contribution in [0, 0.1) is 0 Å². The number of nitrogens with two attached hydrogens (primary N) is 1. The zero-order chi connectivity index (χ0) is 10.7. The van der Waals surface area contributed by atoms with Crippen molar-refractivity contribution in [2.24, 2.45) is 5.73 Å². The molecule has 80 valence electrons. The molecule has 15 heavy (non-hydrogen) atoms. The summed E-state index contributed by atoms with van der Waals surface area (Å²) in [5, 5.41) is 3.23. The summed E-state index contributed by atoms with van der Waals surface area (Å²) in [6.07, 6.45) is 3.05. The maximum atomic E-state index is 11.1. The highest BCUT2D eigenvalue weighted by atomic mass is 16.1. The Balaban J connectivity index is 2.29. The van der Waals surface area contributed by atoms with E-state index in [4.69, 9.17) is 5.73 Å². The zero-order valence-corrected chi connectivity index (χ0v) is 8.31. The average molecular weight is 207 g/mol. The van der Waals surface area contributed by atoms with Crippen LogP contribution < -0.4 is 16.0 Å². The number of aromatic nitrogens is 2. The highest BCUT2D eigenvalue weighted by Gasteiger charge is 2.18. The normalized spacial score (nSPS) is 16.4. The zero-order valence-electron chi connectivity index (χ0n) is 8.31. The number of hydrogen-bond donors (Lipinski definition) is 2. The fourth-order valence-corrected chi connectivity index (χ4v) is 1.61. The van der Waals surface area contributed by atoms with Gasteiger partial charge in [-0.3, -0.25) is 4.79 Å². The van der Waals surface area contributed by atoms with Crippen molar-refractivity contribution >= 4 is 11.7 Å². The Hall–Kier alpha value is -1.69. The number of hydrogen-bond acceptors (Lipinski definition) is 5. The lowest BCUT2D eigenvalue weighted by Gasteiger charge is -2.28. The van der Waals surface area contributed by atoms with Crippen molar-refractivity contribution in [3.05, 3.63) is 18.1 Å². The van der Waals surface area contributed by atoms with Gasteiger partial charge < -0.3 is 16.0 Å². The summed E-state index contributed by atoms with van der Waals surface area (Å²) in [5.74, 6) is 0.0585. The van der Waals surface area contributed by atoms with Crippen LogP contribution in [0.4, 0.5) is 5.82 Å². The number of piperazine rings is 1. The van der Waals surface area contributed by atoms with E-state index < -0.39 is 5.91 Å². The molecule has 0 spiro atoms. The number of nitrogens with zero attached hydrogens (tertiary/aromatic N) is 3. The van der Waals surface area contributed by atoms with Crippen molar-refractivity contribution in [3.63, 3.8) is 0 Å². The molecule has 0 bridgehead atoms. The van der Waals surface area contributed by atoms with Crippen LogP contribution in [0.5, 0.6) is 0 Å². The van der Waals surface area contributed by atoms with E-state index in [2.05, 4.69) is 15.3 Å². The quantitative estimate of drug-likeness (QED) is 0.649. The topological polar surface area (TPSA) is 84.1 Å². The second-order valence-corrected chi connectivity index (χ2v) is 3.33. The van der Waals surface area contributed by atoms with Gasteiger partial charge in [-0.2, -0.15) is 0 Å². The third-order valence-electron chi connectivity index (χ3n) is 2.33. The molecule has 3 N–H and O–H groups in total. The second-order valence-electron chi connectivity index (χ2n) is 3.33. The number of primary amides is 1. The smallest absolute Gasteiger partial charge is 0.271 e. The number of rotatable bonds is 2. The molecule has 1 saturated heterocycles. The molecular formula is C9H13N5O. The van der Waals surface area contributed by atoms with Crippen molar-refractivity contribution in [3.8, 4) is 0 Å². The summed E-state index contributed by atoms with van der Waals surface area (Å²) in [6, 6.07) is 0. The molecule has 0 aliphatic carbocycles. The highest BCUT2D eigenvalue weighted by Crippen LogP contribution is 2.14. The van der Waals surface area contributed by atoms with E-state index >= 15 is 0 Å². The third-order valence-corrected chi connectivity index (χ3v) is 2.33. The van der Waals surface area contributed by atoms with Gasteiger partial charge in [-0.05, 0) is 0 Å². The fraction of sp³-hybridized carbons (Fsp3) is 0.444. The predicted octanol–water partition coefficient (Wildman–Crippen LogP) is -1.01. The van der Waals surface area contributed by atoms with Crippen LogP contribution in [0.2, 0.25) is 0 Å². The summed E-state index contributed by atoms with van der Waals surface area (Å²) in [5.41, 5.74) is 5.49. The van der Waals surface area contributed by atoms with E-state index in [1.165, 1.54) is 6.20 Å². The molecule has 1 amide bonds. The lowest BCUT2D eigenvalue weighted by Crippen LogP contribution is -2.44. The molecule has 1 aliphatic heterocycles. The van der Waals surface area contributed by atoms with E-state index in [0.717, 1.165) is 26.2 Å². The molecule has 6 nitrogen and oxygen atoms in total. The van der Waals surface area contributed by atoms with Crippen LogP contribution in [-0.2, 0) is 0 Å². The monoisotopic (exact) mass is 207 g/mol. The minimum absolute atomic E-state index is 0.249. The van der Waals surface area contributed by atoms with Gasteiger partial charge in [0.15, 0.2) is 11.5 Å². The number of anilines is 1. The first-order chi connectivity index (χ1) is 7.29. The van der Waals surface area contributed by atoms with Gasteiger partial charge in [0.1, 0.15) is 0 Å². The van der Waals surface area contributed by atoms with E-state index in [1.807, 2.05) is 4.90 Å². The fourth-order valence-electron chi connectivity index (χ4n) is 1.61. The summed E-state index contributed by atoms with van der Waals surface area (Å²) >= 11 is 0. The van der Waals surface area contributed by atoms with Gasteiger partial charge in [0, 0.05) is 38.6 Å². The Bertz CT molecular complexity index is 361. The molecular weight excluding hydrogens is 194 g/mol. The van der Waals surface area contributed by atoms with Crippen LogP contribution >= 0.6 is 0 Å². The van der Waals surface area contributed by atoms with Crippen molar-refractivity contribution in [1.82, 2.24) is 15.3 Å². The molecule has 1 aromatic rings. The summed E-state index contributed by atoms with van der Waals surface area (Å²) < 4.78 is 0. The standard InChI is InChI=1S/C9H13N5O/c10-8(15)7-9(13-2-1-12-7)14-5-3-11-4-6-14/h1-2,11H,3-6H2,(H2,10,15). The molecule has 2 heterocycles. The lowest BCUT2D eigenvalue weighted by atomic mass is 10.3. The highest BCUT2D eigenvalue weighted by molar-refractivity contribution is 5.95. The number of carbonyl (C=O) groups is 1. The van der Waals surface area contributed by atoms with Gasteiger partial charge in [0.2, 0.25) is 0 Å². The van der Waals surface area contributed by atoms with Crippen LogP contribution in [0.3, 0.4) is 0 Å². The molecule has 0 unspecified atom stereocenters. The second kappa shape index (κ2) is 4.22. The van der Waals surface area contributed by atoms with E-state index in [9.17, 15) is 4.79 Å². The van der Waals surface area contributed by atoms with E-state index in [-0.39, 0.29) is 5.69 Å². The minimum atomic E-state index is -0.531. The third kappa shape index (κ3) is 2.04. The van der Waals surface area contributed by atoms with Crippen molar-refractivity contribution < 1.29 is 4.79 Å². The Kier molecular flexibility index (Phi) is 2.77. The Morgan fingerprint density at radius 3 is 2.67 bits per heavy atom. The molecule has 1 aromatic heterocycles. The van der Waals surface area contributed by atoms with Crippen LogP contribution in [0.1, 0.15) is 10.5 Å². The number of amides is 1. The van der Waals surface area contributed by atoms with Gasteiger partial charge >= 0.3 is 0 Å². The molecule has 1 aliphatic rings. The molecule has 0 saturated carbocycles. The largest absolute Gasteiger partial charge is 0.364 e. The van der Waals surface area contributed by atoms with E-state index in [0.29, 0.717) is 5.82 Å². The Morgan fingerprint density at radius 1 is 1.33 bits per heavy atom. The first-order valence-corrected chi connectivity index (χ1v) is 4.85. The molecule has 2 rings (SSSR count). The van der Waals surface area contributed by atoms with Gasteiger partial charge in [-0.1, -0.05) is 0 Å². The average Bonchev–Trinajstić information content (AvgIpc) is 2.30. The SMILES string of the molecule is NC(=O)c1nccnc1N1CCNCC1. The van der Waals surface area contributed by atoms with Crippen molar-refractivity contribution in [2.45, 2.75) is 0 Å². The molecule has 6 heteroatoms.